The molecule has 0 N–H and O–H groups in total. The molecule has 0 radical (unpaired) electrons. The minimum Gasteiger partial charge on any atom is -0.200 e. The van der Waals surface area contributed by atoms with Crippen molar-refractivity contribution in [2.45, 2.75) is 27.6 Å². The normalized spacial score (nSPS) is 15.8. The van der Waals surface area contributed by atoms with E-state index in [-0.39, 0.29) is 11.1 Å². The fraction of sp³-hybridized carbons (Fsp3) is 0.227. The summed E-state index contributed by atoms with van der Waals surface area (Å²) >= 11 is 0. The van der Waals surface area contributed by atoms with Crippen LogP contribution in [0.5, 0.6) is 0 Å². The van der Waals surface area contributed by atoms with E-state index < -0.39 is 13.7 Å². The first kappa shape index (κ1) is 9.67. The second-order valence-electron chi connectivity index (χ2n) is 5.97. The molecule has 0 saturated carbocycles. The minimum absolute atomic E-state index is 0.171. The van der Waals surface area contributed by atoms with Gasteiger partial charge in [-0.3, -0.25) is 0 Å². The summed E-state index contributed by atoms with van der Waals surface area (Å²) in [5, 5.41) is 0. The van der Waals surface area contributed by atoms with E-state index in [4.69, 9.17) is 8.22 Å². The van der Waals surface area contributed by atoms with Gasteiger partial charge in [0.1, 0.15) is 7.05 Å². The highest BCUT2D eigenvalue weighted by molar-refractivity contribution is 5.82. The highest BCUT2D eigenvalue weighted by atomic mass is 14.9. The van der Waals surface area contributed by atoms with Crippen molar-refractivity contribution < 1.29 is 12.8 Å². The van der Waals surface area contributed by atoms with Crippen LogP contribution >= 0.6 is 0 Å². The first-order valence-corrected chi connectivity index (χ1v) is 7.61. The number of hydrogen-bond donors (Lipinski definition) is 0. The third kappa shape index (κ3) is 2.92. The van der Waals surface area contributed by atoms with Gasteiger partial charge in [0.25, 0.3) is 0 Å². The van der Waals surface area contributed by atoms with Crippen LogP contribution in [0, 0.1) is 27.6 Å². The molecule has 0 fully saturated rings. The highest BCUT2D eigenvalue weighted by Crippen LogP contribution is 2.33. The van der Waals surface area contributed by atoms with Gasteiger partial charge >= 0.3 is 0 Å². The van der Waals surface area contributed by atoms with Crippen LogP contribution in [-0.4, -0.2) is 0 Å². The summed E-state index contributed by atoms with van der Waals surface area (Å²) in [4.78, 5) is 0. The largest absolute Gasteiger partial charge is 0.220 e. The molecule has 116 valence electrons. The van der Waals surface area contributed by atoms with Gasteiger partial charge in [-0.2, -0.15) is 0 Å². The van der Waals surface area contributed by atoms with Crippen molar-refractivity contribution in [1.29, 1.82) is 0 Å². The lowest BCUT2D eigenvalue weighted by atomic mass is 9.92. The summed E-state index contributed by atoms with van der Waals surface area (Å²) in [5.74, 6) is 0. The second kappa shape index (κ2) is 6.00. The molecule has 0 aliphatic rings. The van der Waals surface area contributed by atoms with Crippen LogP contribution in [0.4, 0.5) is 0 Å². The first-order chi connectivity index (χ1) is 13.4. The van der Waals surface area contributed by atoms with E-state index in [0.717, 1.165) is 22.4 Å². The van der Waals surface area contributed by atoms with Gasteiger partial charge in [-0.1, -0.05) is 42.0 Å². The van der Waals surface area contributed by atoms with E-state index in [9.17, 15) is 0 Å². The molecule has 0 aliphatic carbocycles. The van der Waals surface area contributed by atoms with Crippen LogP contribution in [-0.2, 0) is 7.05 Å². The SMILES string of the molecule is [2H]C([2H])([2H])c1cc(-c2ccc(C)cc2C([2H])([2H])[2H])c(-c2ccccc2C)[n+](C)c1. The van der Waals surface area contributed by atoms with Crippen LogP contribution in [0.2, 0.25) is 0 Å². The summed E-state index contributed by atoms with van der Waals surface area (Å²) in [6.07, 6.45) is 1.60. The predicted molar refractivity (Wildman–Crippen MR) is 97.4 cm³/mol. The number of pyridine rings is 1. The Morgan fingerprint density at radius 1 is 0.783 bits per heavy atom. The van der Waals surface area contributed by atoms with Gasteiger partial charge in [0.05, 0.1) is 5.56 Å². The Labute approximate surface area is 147 Å². The predicted octanol–water partition coefficient (Wildman–Crippen LogP) is 5.08. The van der Waals surface area contributed by atoms with Crippen molar-refractivity contribution in [3.05, 3.63) is 77.0 Å². The number of nitrogens with zero attached hydrogens (tertiary/aromatic N) is 1. The molecule has 3 aromatic rings. The van der Waals surface area contributed by atoms with Gasteiger partial charge in [-0.05, 0) is 56.4 Å². The van der Waals surface area contributed by atoms with Gasteiger partial charge < -0.3 is 0 Å². The molecule has 0 saturated heterocycles. The molecule has 1 nitrogen and oxygen atoms in total. The van der Waals surface area contributed by atoms with E-state index in [1.807, 2.05) is 44.2 Å². The number of benzene rings is 2. The zero-order chi connectivity index (χ0) is 21.6. The average molecular weight is 308 g/mol. The molecule has 0 amide bonds. The van der Waals surface area contributed by atoms with Crippen molar-refractivity contribution >= 4 is 0 Å². The fourth-order valence-electron chi connectivity index (χ4n) is 3.00. The van der Waals surface area contributed by atoms with Gasteiger partial charge in [-0.15, -0.1) is 0 Å². The number of hydrogen-bond acceptors (Lipinski definition) is 0. The lowest BCUT2D eigenvalue weighted by Crippen LogP contribution is -2.32. The lowest BCUT2D eigenvalue weighted by Gasteiger charge is -2.13. The van der Waals surface area contributed by atoms with Gasteiger partial charge in [-0.25, -0.2) is 4.57 Å². The van der Waals surface area contributed by atoms with Gasteiger partial charge in [0, 0.05) is 19.4 Å². The Balaban J connectivity index is 2.45. The first-order valence-electron chi connectivity index (χ1n) is 10.6. The number of aromatic nitrogens is 1. The number of aryl methyl sites for hydroxylation is 5. The Bertz CT molecular complexity index is 1060. The Kier molecular flexibility index (Phi) is 2.52. The molecule has 0 bridgehead atoms. The van der Waals surface area contributed by atoms with E-state index >= 15 is 0 Å². The van der Waals surface area contributed by atoms with Crippen LogP contribution in [0.3, 0.4) is 0 Å². The maximum atomic E-state index is 8.02. The summed E-state index contributed by atoms with van der Waals surface area (Å²) in [6, 6.07) is 14.7. The van der Waals surface area contributed by atoms with Crippen molar-refractivity contribution in [2.24, 2.45) is 7.05 Å². The van der Waals surface area contributed by atoms with Gasteiger partial charge in [0.15, 0.2) is 6.20 Å². The molecule has 1 aromatic heterocycles. The zero-order valence-electron chi connectivity index (χ0n) is 19.6. The molecule has 0 atom stereocenters. The highest BCUT2D eigenvalue weighted by Gasteiger charge is 2.20. The van der Waals surface area contributed by atoms with E-state index in [2.05, 4.69) is 0 Å². The molecule has 2 aromatic carbocycles. The Morgan fingerprint density at radius 2 is 1.61 bits per heavy atom. The van der Waals surface area contributed by atoms with Crippen molar-refractivity contribution in [3.8, 4) is 22.4 Å². The van der Waals surface area contributed by atoms with Crippen molar-refractivity contribution in [3.63, 3.8) is 0 Å². The molecule has 0 spiro atoms. The van der Waals surface area contributed by atoms with Crippen LogP contribution in [0.15, 0.2) is 54.7 Å². The smallest absolute Gasteiger partial charge is 0.200 e. The summed E-state index contributed by atoms with van der Waals surface area (Å²) < 4.78 is 49.4. The third-order valence-electron chi connectivity index (χ3n) is 4.11. The summed E-state index contributed by atoms with van der Waals surface area (Å²) in [6.45, 7) is -0.794. The molecule has 0 unspecified atom stereocenters. The summed E-state index contributed by atoms with van der Waals surface area (Å²) in [7, 11) is 1.80. The maximum absolute atomic E-state index is 8.02. The molecule has 1 heteroatoms. The van der Waals surface area contributed by atoms with Crippen LogP contribution in [0.25, 0.3) is 22.4 Å². The van der Waals surface area contributed by atoms with E-state index in [0.29, 0.717) is 11.1 Å². The molecular formula is C22H24N+. The Morgan fingerprint density at radius 3 is 2.35 bits per heavy atom. The minimum atomic E-state index is -2.32. The standard InChI is InChI=1S/C22H24N/c1-15-10-11-19(18(4)12-15)21-13-16(2)14-23(5)22(21)20-9-7-6-8-17(20)3/h6-14H,1-5H3/q+1/i2D3,4D3. The second-order valence-corrected chi connectivity index (χ2v) is 5.97. The topological polar surface area (TPSA) is 3.88 Å². The molecule has 1 heterocycles. The van der Waals surface area contributed by atoms with Gasteiger partial charge in [0.2, 0.25) is 5.69 Å². The Hall–Kier alpha value is -2.41. The van der Waals surface area contributed by atoms with Crippen LogP contribution in [0.1, 0.15) is 30.5 Å². The molecule has 23 heavy (non-hydrogen) atoms. The third-order valence-corrected chi connectivity index (χ3v) is 4.11. The fourth-order valence-corrected chi connectivity index (χ4v) is 3.00. The summed E-state index contributed by atoms with van der Waals surface area (Å²) in [5.41, 5.74) is 5.09. The van der Waals surface area contributed by atoms with E-state index in [1.54, 1.807) is 36.0 Å². The quantitative estimate of drug-likeness (QED) is 0.581. The molecule has 3 rings (SSSR count). The van der Waals surface area contributed by atoms with Crippen molar-refractivity contribution in [2.75, 3.05) is 0 Å². The maximum Gasteiger partial charge on any atom is 0.220 e. The molecular weight excluding hydrogens is 278 g/mol. The zero-order valence-corrected chi connectivity index (χ0v) is 13.6. The van der Waals surface area contributed by atoms with Crippen LogP contribution < -0.4 is 4.57 Å². The lowest BCUT2D eigenvalue weighted by molar-refractivity contribution is -0.660. The average Bonchev–Trinajstić information content (AvgIpc) is 2.60. The van der Waals surface area contributed by atoms with E-state index in [1.165, 1.54) is 0 Å². The monoisotopic (exact) mass is 308 g/mol. The molecule has 0 aliphatic heterocycles. The van der Waals surface area contributed by atoms with Crippen molar-refractivity contribution in [1.82, 2.24) is 0 Å². The number of rotatable bonds is 2.